The van der Waals surface area contributed by atoms with Crippen molar-refractivity contribution < 1.29 is 0 Å². The summed E-state index contributed by atoms with van der Waals surface area (Å²) in [5.74, 6) is 0. The SMILES string of the molecule is S=C(CC(=S)c1ccc(-c2ccccc2)cc1)c1ccc(-c2ccccc2)cc1. The van der Waals surface area contributed by atoms with Gasteiger partial charge in [-0.1, -0.05) is 134 Å². The minimum absolute atomic E-state index is 0.611. The molecule has 0 N–H and O–H groups in total. The normalized spacial score (nSPS) is 10.5. The van der Waals surface area contributed by atoms with Crippen LogP contribution in [0.4, 0.5) is 0 Å². The third kappa shape index (κ3) is 4.73. The fourth-order valence-corrected chi connectivity index (χ4v) is 3.96. The Balaban J connectivity index is 1.43. The van der Waals surface area contributed by atoms with E-state index < -0.39 is 0 Å². The monoisotopic (exact) mass is 408 g/mol. The Kier molecular flexibility index (Phi) is 6.04. The lowest BCUT2D eigenvalue weighted by molar-refractivity contribution is 1.54. The molecule has 2 heteroatoms. The summed E-state index contributed by atoms with van der Waals surface area (Å²) in [6.45, 7) is 0. The van der Waals surface area contributed by atoms with E-state index in [0.29, 0.717) is 6.42 Å². The number of benzene rings is 4. The van der Waals surface area contributed by atoms with Crippen molar-refractivity contribution in [2.45, 2.75) is 6.42 Å². The molecule has 0 aliphatic heterocycles. The van der Waals surface area contributed by atoms with Crippen molar-refractivity contribution in [2.24, 2.45) is 0 Å². The Morgan fingerprint density at radius 2 is 0.724 bits per heavy atom. The molecule has 0 aliphatic carbocycles. The van der Waals surface area contributed by atoms with Gasteiger partial charge in [0.15, 0.2) is 0 Å². The van der Waals surface area contributed by atoms with E-state index in [1.54, 1.807) is 0 Å². The predicted molar refractivity (Wildman–Crippen MR) is 132 cm³/mol. The zero-order valence-electron chi connectivity index (χ0n) is 15.9. The first-order chi connectivity index (χ1) is 14.2. The molecule has 4 rings (SSSR count). The van der Waals surface area contributed by atoms with Crippen LogP contribution in [0.2, 0.25) is 0 Å². The summed E-state index contributed by atoms with van der Waals surface area (Å²) in [6.07, 6.45) is 0.611. The Hall–Kier alpha value is -2.94. The average molecular weight is 409 g/mol. The highest BCUT2D eigenvalue weighted by Crippen LogP contribution is 2.22. The van der Waals surface area contributed by atoms with Gasteiger partial charge in [-0.15, -0.1) is 0 Å². The van der Waals surface area contributed by atoms with Gasteiger partial charge < -0.3 is 0 Å². The molecule has 0 saturated carbocycles. The zero-order chi connectivity index (χ0) is 20.1. The molecule has 0 spiro atoms. The highest BCUT2D eigenvalue weighted by atomic mass is 32.1. The quantitative estimate of drug-likeness (QED) is 0.239. The summed E-state index contributed by atoms with van der Waals surface area (Å²) >= 11 is 11.3. The van der Waals surface area contributed by atoms with Crippen molar-refractivity contribution in [3.63, 3.8) is 0 Å². The number of thiocarbonyl (C=S) groups is 2. The first-order valence-electron chi connectivity index (χ1n) is 9.58. The van der Waals surface area contributed by atoms with Gasteiger partial charge in [-0.05, 0) is 33.4 Å². The van der Waals surface area contributed by atoms with Crippen molar-refractivity contribution in [3.8, 4) is 22.3 Å². The van der Waals surface area contributed by atoms with Crippen LogP contribution in [0.3, 0.4) is 0 Å². The van der Waals surface area contributed by atoms with Gasteiger partial charge in [0.1, 0.15) is 0 Å². The molecule has 0 unspecified atom stereocenters. The van der Waals surface area contributed by atoms with Crippen molar-refractivity contribution in [2.75, 3.05) is 0 Å². The molecular formula is C27H20S2. The number of hydrogen-bond acceptors (Lipinski definition) is 2. The fraction of sp³-hybridized carbons (Fsp3) is 0.0370. The van der Waals surface area contributed by atoms with Crippen molar-refractivity contribution in [3.05, 3.63) is 120 Å². The summed E-state index contributed by atoms with van der Waals surface area (Å²) in [5.41, 5.74) is 6.91. The summed E-state index contributed by atoms with van der Waals surface area (Å²) in [5, 5.41) is 0. The van der Waals surface area contributed by atoms with E-state index in [4.69, 9.17) is 24.4 Å². The van der Waals surface area contributed by atoms with Gasteiger partial charge in [-0.3, -0.25) is 0 Å². The molecule has 0 bridgehead atoms. The lowest BCUT2D eigenvalue weighted by atomic mass is 9.98. The number of rotatable bonds is 6. The van der Waals surface area contributed by atoms with Crippen LogP contribution >= 0.6 is 24.4 Å². The minimum Gasteiger partial charge on any atom is -0.0839 e. The highest BCUT2D eigenvalue weighted by molar-refractivity contribution is 7.82. The van der Waals surface area contributed by atoms with Gasteiger partial charge in [-0.2, -0.15) is 0 Å². The smallest absolute Gasteiger partial charge is 0.0277 e. The van der Waals surface area contributed by atoms with E-state index in [1.807, 2.05) is 12.1 Å². The van der Waals surface area contributed by atoms with E-state index in [-0.39, 0.29) is 0 Å². The summed E-state index contributed by atoms with van der Waals surface area (Å²) < 4.78 is 0. The molecule has 0 radical (unpaired) electrons. The van der Waals surface area contributed by atoms with E-state index in [9.17, 15) is 0 Å². The standard InChI is InChI=1S/C27H20S2/c28-26(24-15-11-22(12-16-24)20-7-3-1-4-8-20)19-27(29)25-17-13-23(14-18-25)21-9-5-2-6-10-21/h1-18H,19H2. The van der Waals surface area contributed by atoms with Crippen molar-refractivity contribution in [1.82, 2.24) is 0 Å². The lowest BCUT2D eigenvalue weighted by Crippen LogP contribution is -2.06. The maximum atomic E-state index is 5.67. The first-order valence-corrected chi connectivity index (χ1v) is 10.4. The molecule has 29 heavy (non-hydrogen) atoms. The molecule has 0 amide bonds. The van der Waals surface area contributed by atoms with E-state index in [2.05, 4.69) is 97.1 Å². The van der Waals surface area contributed by atoms with Gasteiger partial charge in [0.25, 0.3) is 0 Å². The average Bonchev–Trinajstić information content (AvgIpc) is 2.80. The third-order valence-corrected chi connectivity index (χ3v) is 5.71. The summed E-state index contributed by atoms with van der Waals surface area (Å²) in [7, 11) is 0. The van der Waals surface area contributed by atoms with E-state index in [0.717, 1.165) is 20.9 Å². The van der Waals surface area contributed by atoms with Crippen molar-refractivity contribution in [1.29, 1.82) is 0 Å². The van der Waals surface area contributed by atoms with E-state index in [1.165, 1.54) is 22.3 Å². The molecule has 0 heterocycles. The van der Waals surface area contributed by atoms with Gasteiger partial charge in [0, 0.05) is 16.1 Å². The Bertz CT molecular complexity index is 1020. The Morgan fingerprint density at radius 3 is 1.07 bits per heavy atom. The summed E-state index contributed by atoms with van der Waals surface area (Å²) in [6, 6.07) is 37.5. The second-order valence-electron chi connectivity index (χ2n) is 6.91. The first kappa shape index (κ1) is 19.4. The van der Waals surface area contributed by atoms with E-state index >= 15 is 0 Å². The molecule has 0 fully saturated rings. The molecule has 140 valence electrons. The van der Waals surface area contributed by atoms with Gasteiger partial charge in [0.05, 0.1) is 0 Å². The van der Waals surface area contributed by atoms with Crippen LogP contribution in [0, 0.1) is 0 Å². The maximum Gasteiger partial charge on any atom is 0.0277 e. The molecule has 0 atom stereocenters. The Morgan fingerprint density at radius 1 is 0.414 bits per heavy atom. The summed E-state index contributed by atoms with van der Waals surface area (Å²) in [4.78, 5) is 1.75. The molecule has 0 aliphatic rings. The topological polar surface area (TPSA) is 0 Å². The van der Waals surface area contributed by atoms with Crippen LogP contribution < -0.4 is 0 Å². The second kappa shape index (κ2) is 9.04. The predicted octanol–water partition coefficient (Wildman–Crippen LogP) is 7.55. The molecular weight excluding hydrogens is 388 g/mol. The van der Waals surface area contributed by atoms with Gasteiger partial charge >= 0.3 is 0 Å². The maximum absolute atomic E-state index is 5.67. The van der Waals surface area contributed by atoms with Gasteiger partial charge in [0.2, 0.25) is 0 Å². The fourth-order valence-electron chi connectivity index (χ4n) is 3.31. The molecule has 0 aromatic heterocycles. The van der Waals surface area contributed by atoms with Crippen LogP contribution in [0.1, 0.15) is 17.5 Å². The molecule has 4 aromatic carbocycles. The Labute approximate surface area is 182 Å². The van der Waals surface area contributed by atoms with Crippen LogP contribution in [0.5, 0.6) is 0 Å². The molecule has 4 aromatic rings. The highest BCUT2D eigenvalue weighted by Gasteiger charge is 2.08. The van der Waals surface area contributed by atoms with Crippen LogP contribution in [0.15, 0.2) is 109 Å². The largest absolute Gasteiger partial charge is 0.0839 e. The van der Waals surface area contributed by atoms with Crippen molar-refractivity contribution >= 4 is 34.2 Å². The molecule has 0 saturated heterocycles. The van der Waals surface area contributed by atoms with Gasteiger partial charge in [-0.25, -0.2) is 0 Å². The second-order valence-corrected chi connectivity index (χ2v) is 7.90. The number of hydrogen-bond donors (Lipinski definition) is 0. The molecule has 0 nitrogen and oxygen atoms in total. The minimum atomic E-state index is 0.611. The third-order valence-electron chi connectivity index (χ3n) is 4.95. The van der Waals surface area contributed by atoms with Crippen LogP contribution in [-0.2, 0) is 0 Å². The zero-order valence-corrected chi connectivity index (χ0v) is 17.5. The lowest BCUT2D eigenvalue weighted by Gasteiger charge is -2.09. The van der Waals surface area contributed by atoms with Crippen LogP contribution in [0.25, 0.3) is 22.3 Å². The van der Waals surface area contributed by atoms with Crippen LogP contribution in [-0.4, -0.2) is 9.73 Å².